The summed E-state index contributed by atoms with van der Waals surface area (Å²) in [5.74, 6) is -1.42. The number of nitrogens with zero attached hydrogens (tertiary/aromatic N) is 1. The molecule has 8 heteroatoms. The van der Waals surface area contributed by atoms with Crippen molar-refractivity contribution in [2.24, 2.45) is 5.10 Å². The van der Waals surface area contributed by atoms with Crippen molar-refractivity contribution in [2.75, 3.05) is 12.5 Å². The Morgan fingerprint density at radius 2 is 1.74 bits per heavy atom. The zero-order chi connectivity index (χ0) is 17.0. The summed E-state index contributed by atoms with van der Waals surface area (Å²) in [6.07, 6.45) is 0. The number of hydrazone groups is 1. The molecule has 0 amide bonds. The molecule has 0 aliphatic heterocycles. The lowest BCUT2D eigenvalue weighted by molar-refractivity contribution is 0.585. The van der Waals surface area contributed by atoms with Gasteiger partial charge >= 0.3 is 0 Å². The lowest BCUT2D eigenvalue weighted by Gasteiger charge is -2.06. The van der Waals surface area contributed by atoms with E-state index in [1.807, 2.05) is 0 Å². The second-order valence-corrected chi connectivity index (χ2v) is 6.55. The van der Waals surface area contributed by atoms with Crippen LogP contribution in [-0.4, -0.2) is 21.2 Å². The highest BCUT2D eigenvalue weighted by Crippen LogP contribution is 2.16. The van der Waals surface area contributed by atoms with E-state index in [0.29, 0.717) is 11.3 Å². The van der Waals surface area contributed by atoms with Gasteiger partial charge in [-0.05, 0) is 43.8 Å². The van der Waals surface area contributed by atoms with Gasteiger partial charge in [0.25, 0.3) is 0 Å². The number of hydrogen-bond donors (Lipinski definition) is 2. The Labute approximate surface area is 133 Å². The molecule has 2 rings (SSSR count). The molecular formula is C15H15F2N3O2S. The third-order valence-electron chi connectivity index (χ3n) is 3.13. The normalized spacial score (nSPS) is 12.3. The molecule has 0 aliphatic rings. The number of anilines is 1. The molecule has 0 bridgehead atoms. The van der Waals surface area contributed by atoms with Crippen molar-refractivity contribution in [3.05, 3.63) is 59.7 Å². The molecule has 0 aromatic heterocycles. The van der Waals surface area contributed by atoms with Gasteiger partial charge in [-0.3, -0.25) is 5.43 Å². The molecule has 0 heterocycles. The van der Waals surface area contributed by atoms with Crippen LogP contribution in [0.4, 0.5) is 14.5 Å². The van der Waals surface area contributed by atoms with E-state index in [1.54, 1.807) is 19.1 Å². The molecule has 0 radical (unpaired) electrons. The van der Waals surface area contributed by atoms with Gasteiger partial charge in [-0.1, -0.05) is 12.1 Å². The van der Waals surface area contributed by atoms with Gasteiger partial charge in [-0.15, -0.1) is 0 Å². The maximum absolute atomic E-state index is 13.5. The first-order chi connectivity index (χ1) is 10.8. The standard InChI is InChI=1S/C15H15F2N3O2S/c1-10(19-20-15-8-5-12(16)9-14(15)17)11-3-6-13(7-4-11)23(21,22)18-2/h3-9,18,20H,1-2H3/b19-10-. The number of halogens is 2. The Morgan fingerprint density at radius 1 is 1.09 bits per heavy atom. The first kappa shape index (κ1) is 17.0. The SMILES string of the molecule is CNS(=O)(=O)c1ccc(/C(C)=N\Nc2ccc(F)cc2F)cc1. The zero-order valence-electron chi connectivity index (χ0n) is 12.5. The van der Waals surface area contributed by atoms with Gasteiger partial charge in [-0.25, -0.2) is 21.9 Å². The van der Waals surface area contributed by atoms with Crippen LogP contribution in [-0.2, 0) is 10.0 Å². The zero-order valence-corrected chi connectivity index (χ0v) is 13.3. The minimum absolute atomic E-state index is 0.0418. The first-order valence-electron chi connectivity index (χ1n) is 6.63. The van der Waals surface area contributed by atoms with E-state index in [-0.39, 0.29) is 10.6 Å². The summed E-state index contributed by atoms with van der Waals surface area (Å²) >= 11 is 0. The predicted molar refractivity (Wildman–Crippen MR) is 84.9 cm³/mol. The summed E-state index contributed by atoms with van der Waals surface area (Å²) in [6, 6.07) is 9.18. The molecule has 2 aromatic rings. The Hall–Kier alpha value is -2.32. The van der Waals surface area contributed by atoms with Gasteiger partial charge in [0.05, 0.1) is 16.3 Å². The third-order valence-corrected chi connectivity index (χ3v) is 4.56. The van der Waals surface area contributed by atoms with Crippen molar-refractivity contribution in [1.29, 1.82) is 0 Å². The molecule has 0 atom stereocenters. The quantitative estimate of drug-likeness (QED) is 0.650. The lowest BCUT2D eigenvalue weighted by atomic mass is 10.1. The van der Waals surface area contributed by atoms with Crippen LogP contribution < -0.4 is 10.1 Å². The van der Waals surface area contributed by atoms with Crippen molar-refractivity contribution in [3.63, 3.8) is 0 Å². The number of sulfonamides is 1. The maximum atomic E-state index is 13.5. The van der Waals surface area contributed by atoms with Crippen LogP contribution in [0.5, 0.6) is 0 Å². The number of rotatable bonds is 5. The van der Waals surface area contributed by atoms with E-state index in [9.17, 15) is 17.2 Å². The first-order valence-corrected chi connectivity index (χ1v) is 8.11. The topological polar surface area (TPSA) is 70.6 Å². The minimum atomic E-state index is -3.50. The summed E-state index contributed by atoms with van der Waals surface area (Å²) in [6.45, 7) is 1.68. The van der Waals surface area contributed by atoms with Crippen LogP contribution in [0, 0.1) is 11.6 Å². The molecule has 0 saturated carbocycles. The van der Waals surface area contributed by atoms with Crippen molar-refractivity contribution < 1.29 is 17.2 Å². The van der Waals surface area contributed by atoms with Crippen molar-refractivity contribution in [3.8, 4) is 0 Å². The number of benzene rings is 2. The minimum Gasteiger partial charge on any atom is -0.275 e. The molecule has 0 unspecified atom stereocenters. The van der Waals surface area contributed by atoms with Crippen LogP contribution in [0.15, 0.2) is 52.5 Å². The fourth-order valence-electron chi connectivity index (χ4n) is 1.78. The Bertz CT molecular complexity index is 834. The fourth-order valence-corrected chi connectivity index (χ4v) is 2.51. The maximum Gasteiger partial charge on any atom is 0.240 e. The van der Waals surface area contributed by atoms with E-state index < -0.39 is 21.7 Å². The molecule has 5 nitrogen and oxygen atoms in total. The monoisotopic (exact) mass is 339 g/mol. The summed E-state index contributed by atoms with van der Waals surface area (Å²) in [4.78, 5) is 0.133. The van der Waals surface area contributed by atoms with Gasteiger partial charge in [0.2, 0.25) is 10.0 Å². The third kappa shape index (κ3) is 4.11. The second-order valence-electron chi connectivity index (χ2n) is 4.67. The van der Waals surface area contributed by atoms with E-state index in [4.69, 9.17) is 0 Å². The highest BCUT2D eigenvalue weighted by atomic mass is 32.2. The summed E-state index contributed by atoms with van der Waals surface area (Å²) in [7, 11) is -2.17. The van der Waals surface area contributed by atoms with Crippen LogP contribution in [0.2, 0.25) is 0 Å². The fraction of sp³-hybridized carbons (Fsp3) is 0.133. The molecule has 0 saturated heterocycles. The number of hydrogen-bond acceptors (Lipinski definition) is 4. The van der Waals surface area contributed by atoms with Gasteiger partial charge in [-0.2, -0.15) is 5.10 Å². The molecule has 2 aromatic carbocycles. The van der Waals surface area contributed by atoms with Gasteiger partial charge in [0, 0.05) is 6.07 Å². The van der Waals surface area contributed by atoms with Crippen molar-refractivity contribution in [2.45, 2.75) is 11.8 Å². The number of nitrogens with one attached hydrogen (secondary N) is 2. The summed E-state index contributed by atoms with van der Waals surface area (Å²) in [5.41, 5.74) is 3.73. The smallest absolute Gasteiger partial charge is 0.240 e. The largest absolute Gasteiger partial charge is 0.275 e. The van der Waals surface area contributed by atoms with Crippen LogP contribution in [0.1, 0.15) is 12.5 Å². The average Bonchev–Trinajstić information content (AvgIpc) is 2.54. The summed E-state index contributed by atoms with van der Waals surface area (Å²) in [5, 5.41) is 4.01. The highest BCUT2D eigenvalue weighted by Gasteiger charge is 2.11. The lowest BCUT2D eigenvalue weighted by Crippen LogP contribution is -2.18. The van der Waals surface area contributed by atoms with Crippen LogP contribution >= 0.6 is 0 Å². The average molecular weight is 339 g/mol. The Kier molecular flexibility index (Phi) is 5.07. The Morgan fingerprint density at radius 3 is 2.30 bits per heavy atom. The highest BCUT2D eigenvalue weighted by molar-refractivity contribution is 7.89. The molecule has 2 N–H and O–H groups in total. The molecular weight excluding hydrogens is 324 g/mol. The molecule has 122 valence electrons. The Balaban J connectivity index is 2.18. The molecule has 0 aliphatic carbocycles. The van der Waals surface area contributed by atoms with Crippen LogP contribution in [0.3, 0.4) is 0 Å². The van der Waals surface area contributed by atoms with Gasteiger partial charge in [0.1, 0.15) is 5.82 Å². The molecule has 23 heavy (non-hydrogen) atoms. The van der Waals surface area contributed by atoms with Crippen molar-refractivity contribution >= 4 is 21.4 Å². The van der Waals surface area contributed by atoms with Gasteiger partial charge in [0.15, 0.2) is 5.82 Å². The van der Waals surface area contributed by atoms with E-state index in [2.05, 4.69) is 15.2 Å². The van der Waals surface area contributed by atoms with E-state index >= 15 is 0 Å². The van der Waals surface area contributed by atoms with E-state index in [0.717, 1.165) is 12.1 Å². The van der Waals surface area contributed by atoms with E-state index in [1.165, 1.54) is 25.2 Å². The second kappa shape index (κ2) is 6.84. The molecule has 0 spiro atoms. The van der Waals surface area contributed by atoms with Crippen molar-refractivity contribution in [1.82, 2.24) is 4.72 Å². The van der Waals surface area contributed by atoms with Crippen LogP contribution in [0.25, 0.3) is 0 Å². The predicted octanol–water partition coefficient (Wildman–Crippen LogP) is 2.71. The summed E-state index contributed by atoms with van der Waals surface area (Å²) < 4.78 is 51.8. The van der Waals surface area contributed by atoms with Gasteiger partial charge < -0.3 is 0 Å². The molecule has 0 fully saturated rings.